The second-order valence-corrected chi connectivity index (χ2v) is 6.80. The van der Waals surface area contributed by atoms with E-state index in [9.17, 15) is 9.59 Å². The molecule has 0 aliphatic rings. The molecule has 6 nitrogen and oxygen atoms in total. The molecule has 0 aliphatic carbocycles. The Bertz CT molecular complexity index is 805. The second kappa shape index (κ2) is 10.3. The zero-order chi connectivity index (χ0) is 20.5. The van der Waals surface area contributed by atoms with Gasteiger partial charge >= 0.3 is 0 Å². The first kappa shape index (κ1) is 21.3. The number of carbonyl (C=O) groups is 2. The average molecular weight is 384 g/mol. The molecule has 0 aliphatic heterocycles. The quantitative estimate of drug-likeness (QED) is 0.652. The highest BCUT2D eigenvalue weighted by Gasteiger charge is 2.24. The van der Waals surface area contributed by atoms with Gasteiger partial charge in [0.05, 0.1) is 13.7 Å². The molecule has 0 bridgehead atoms. The van der Waals surface area contributed by atoms with E-state index in [2.05, 4.69) is 10.6 Å². The number of amides is 2. The summed E-state index contributed by atoms with van der Waals surface area (Å²) in [5.74, 6) is 0.716. The van der Waals surface area contributed by atoms with Crippen LogP contribution >= 0.6 is 0 Å². The van der Waals surface area contributed by atoms with Crippen molar-refractivity contribution in [1.29, 1.82) is 0 Å². The predicted octanol–water partition coefficient (Wildman–Crippen LogP) is 2.95. The van der Waals surface area contributed by atoms with Crippen molar-refractivity contribution in [2.45, 2.75) is 26.8 Å². The van der Waals surface area contributed by atoms with Crippen molar-refractivity contribution < 1.29 is 19.1 Å². The van der Waals surface area contributed by atoms with Crippen LogP contribution in [0.15, 0.2) is 48.5 Å². The standard InChI is InChI=1S/C22H28N2O4/c1-15(2)20(24-21(25)17-10-6-5-9-16(17)3)22(26)23-13-14-28-19-12-8-7-11-18(19)27-4/h5-12,15,20H,13-14H2,1-4H3,(H,23,26)(H,24,25). The molecule has 2 amide bonds. The van der Waals surface area contributed by atoms with Crippen molar-refractivity contribution in [3.63, 3.8) is 0 Å². The highest BCUT2D eigenvalue weighted by Crippen LogP contribution is 2.25. The first-order chi connectivity index (χ1) is 13.4. The number of hydrogen-bond acceptors (Lipinski definition) is 4. The Kier molecular flexibility index (Phi) is 7.87. The Hall–Kier alpha value is -3.02. The number of hydrogen-bond donors (Lipinski definition) is 2. The monoisotopic (exact) mass is 384 g/mol. The molecule has 28 heavy (non-hydrogen) atoms. The minimum Gasteiger partial charge on any atom is -0.493 e. The molecule has 2 rings (SSSR count). The summed E-state index contributed by atoms with van der Waals surface area (Å²) in [6.07, 6.45) is 0. The maximum absolute atomic E-state index is 12.6. The molecule has 0 heterocycles. The maximum Gasteiger partial charge on any atom is 0.252 e. The largest absolute Gasteiger partial charge is 0.493 e. The number of nitrogens with one attached hydrogen (secondary N) is 2. The molecule has 0 saturated carbocycles. The summed E-state index contributed by atoms with van der Waals surface area (Å²) in [5, 5.41) is 5.66. The van der Waals surface area contributed by atoms with Crippen LogP contribution in [0.3, 0.4) is 0 Å². The SMILES string of the molecule is COc1ccccc1OCCNC(=O)C(NC(=O)c1ccccc1C)C(C)C. The molecular weight excluding hydrogens is 356 g/mol. The van der Waals surface area contributed by atoms with E-state index in [0.717, 1.165) is 5.56 Å². The first-order valence-electron chi connectivity index (χ1n) is 9.34. The van der Waals surface area contributed by atoms with E-state index in [1.54, 1.807) is 19.2 Å². The predicted molar refractivity (Wildman–Crippen MR) is 109 cm³/mol. The van der Waals surface area contributed by atoms with Crippen LogP contribution in [0, 0.1) is 12.8 Å². The van der Waals surface area contributed by atoms with Gasteiger partial charge in [-0.1, -0.05) is 44.2 Å². The van der Waals surface area contributed by atoms with Gasteiger partial charge in [0, 0.05) is 5.56 Å². The van der Waals surface area contributed by atoms with E-state index in [4.69, 9.17) is 9.47 Å². The van der Waals surface area contributed by atoms with E-state index < -0.39 is 6.04 Å². The van der Waals surface area contributed by atoms with Crippen molar-refractivity contribution in [3.8, 4) is 11.5 Å². The lowest BCUT2D eigenvalue weighted by atomic mass is 10.0. The van der Waals surface area contributed by atoms with Crippen LogP contribution in [-0.2, 0) is 4.79 Å². The van der Waals surface area contributed by atoms with Gasteiger partial charge in [-0.15, -0.1) is 0 Å². The molecule has 6 heteroatoms. The smallest absolute Gasteiger partial charge is 0.252 e. The zero-order valence-electron chi connectivity index (χ0n) is 16.8. The normalized spacial score (nSPS) is 11.6. The van der Waals surface area contributed by atoms with Crippen molar-refractivity contribution in [2.24, 2.45) is 5.92 Å². The van der Waals surface area contributed by atoms with Gasteiger partial charge in [-0.05, 0) is 36.6 Å². The van der Waals surface area contributed by atoms with Crippen molar-refractivity contribution in [3.05, 3.63) is 59.7 Å². The minimum atomic E-state index is -0.627. The highest BCUT2D eigenvalue weighted by atomic mass is 16.5. The molecule has 0 fully saturated rings. The molecular formula is C22H28N2O4. The Morgan fingerprint density at radius 2 is 1.64 bits per heavy atom. The number of methoxy groups -OCH3 is 1. The van der Waals surface area contributed by atoms with Crippen LogP contribution in [0.2, 0.25) is 0 Å². The lowest BCUT2D eigenvalue weighted by Crippen LogP contribution is -2.50. The van der Waals surface area contributed by atoms with Gasteiger partial charge in [0.2, 0.25) is 5.91 Å². The van der Waals surface area contributed by atoms with Crippen LogP contribution in [0.25, 0.3) is 0 Å². The molecule has 2 aromatic carbocycles. The van der Waals surface area contributed by atoms with Crippen molar-refractivity contribution in [1.82, 2.24) is 10.6 Å². The number of carbonyl (C=O) groups excluding carboxylic acids is 2. The molecule has 150 valence electrons. The summed E-state index contributed by atoms with van der Waals surface area (Å²) in [6.45, 7) is 6.28. The van der Waals surface area contributed by atoms with Crippen LogP contribution in [-0.4, -0.2) is 38.1 Å². The van der Waals surface area contributed by atoms with Gasteiger partial charge in [0.15, 0.2) is 11.5 Å². The third-order valence-corrected chi connectivity index (χ3v) is 4.35. The number of aryl methyl sites for hydroxylation is 1. The molecule has 2 aromatic rings. The fourth-order valence-corrected chi connectivity index (χ4v) is 2.76. The third kappa shape index (κ3) is 5.74. The minimum absolute atomic E-state index is 0.0527. The lowest BCUT2D eigenvalue weighted by molar-refractivity contribution is -0.124. The van der Waals surface area contributed by atoms with E-state index in [-0.39, 0.29) is 17.7 Å². The van der Waals surface area contributed by atoms with Gasteiger partial charge in [-0.2, -0.15) is 0 Å². The molecule has 2 N–H and O–H groups in total. The van der Waals surface area contributed by atoms with Crippen LogP contribution in [0.4, 0.5) is 0 Å². The second-order valence-electron chi connectivity index (χ2n) is 6.80. The maximum atomic E-state index is 12.6. The number of rotatable bonds is 9. The summed E-state index contributed by atoms with van der Waals surface area (Å²) in [5.41, 5.74) is 1.44. The van der Waals surface area contributed by atoms with Gasteiger partial charge in [-0.3, -0.25) is 9.59 Å². The third-order valence-electron chi connectivity index (χ3n) is 4.35. The molecule has 1 atom stereocenters. The Morgan fingerprint density at radius 3 is 2.29 bits per heavy atom. The fraction of sp³-hybridized carbons (Fsp3) is 0.364. The molecule has 0 radical (unpaired) electrons. The van der Waals surface area contributed by atoms with E-state index in [1.165, 1.54) is 0 Å². The Balaban J connectivity index is 1.89. The van der Waals surface area contributed by atoms with Crippen molar-refractivity contribution in [2.75, 3.05) is 20.3 Å². The van der Waals surface area contributed by atoms with Crippen LogP contribution < -0.4 is 20.1 Å². The first-order valence-corrected chi connectivity index (χ1v) is 9.34. The Morgan fingerprint density at radius 1 is 1.00 bits per heavy atom. The summed E-state index contributed by atoms with van der Waals surface area (Å²) >= 11 is 0. The number of benzene rings is 2. The number of ether oxygens (including phenoxy) is 2. The molecule has 0 spiro atoms. The van der Waals surface area contributed by atoms with Crippen LogP contribution in [0.5, 0.6) is 11.5 Å². The van der Waals surface area contributed by atoms with Gasteiger partial charge in [0.25, 0.3) is 5.91 Å². The van der Waals surface area contributed by atoms with Gasteiger partial charge < -0.3 is 20.1 Å². The summed E-state index contributed by atoms with van der Waals surface area (Å²) in [7, 11) is 1.58. The summed E-state index contributed by atoms with van der Waals surface area (Å²) in [6, 6.07) is 14.0. The fourth-order valence-electron chi connectivity index (χ4n) is 2.76. The highest BCUT2D eigenvalue weighted by molar-refractivity contribution is 5.98. The van der Waals surface area contributed by atoms with Crippen molar-refractivity contribution >= 4 is 11.8 Å². The summed E-state index contributed by atoms with van der Waals surface area (Å²) < 4.78 is 10.9. The zero-order valence-corrected chi connectivity index (χ0v) is 16.8. The van der Waals surface area contributed by atoms with E-state index in [0.29, 0.717) is 30.2 Å². The lowest BCUT2D eigenvalue weighted by Gasteiger charge is -2.22. The van der Waals surface area contributed by atoms with E-state index in [1.807, 2.05) is 57.2 Å². The average Bonchev–Trinajstić information content (AvgIpc) is 2.69. The topological polar surface area (TPSA) is 76.7 Å². The molecule has 0 aromatic heterocycles. The van der Waals surface area contributed by atoms with Gasteiger partial charge in [0.1, 0.15) is 12.6 Å². The number of para-hydroxylation sites is 2. The molecule has 1 unspecified atom stereocenters. The van der Waals surface area contributed by atoms with E-state index >= 15 is 0 Å². The van der Waals surface area contributed by atoms with Crippen LogP contribution in [0.1, 0.15) is 29.8 Å². The van der Waals surface area contributed by atoms with Gasteiger partial charge in [-0.25, -0.2) is 0 Å². The summed E-state index contributed by atoms with van der Waals surface area (Å²) in [4.78, 5) is 25.1. The Labute approximate surface area is 166 Å². The molecule has 0 saturated heterocycles.